The minimum absolute atomic E-state index is 0.128. The largest absolute Gasteiger partial charge is 0.486 e. The van der Waals surface area contributed by atoms with Crippen LogP contribution < -0.4 is 20.7 Å². The van der Waals surface area contributed by atoms with Gasteiger partial charge in [0.15, 0.2) is 11.5 Å². The lowest BCUT2D eigenvalue weighted by Gasteiger charge is -2.25. The molecule has 0 fully saturated rings. The summed E-state index contributed by atoms with van der Waals surface area (Å²) >= 11 is 5.17. The van der Waals surface area contributed by atoms with Crippen LogP contribution >= 0.6 is 27.3 Å². The highest BCUT2D eigenvalue weighted by Crippen LogP contribution is 2.40. The summed E-state index contributed by atoms with van der Waals surface area (Å²) in [5.74, 6) is 7.28. The van der Waals surface area contributed by atoms with Crippen LogP contribution in [0, 0.1) is 0 Å². The molecule has 1 aliphatic rings. The van der Waals surface area contributed by atoms with Crippen LogP contribution in [0.25, 0.3) is 0 Å². The molecule has 0 spiro atoms. The molecule has 2 heterocycles. The molecule has 6 heteroatoms. The van der Waals surface area contributed by atoms with Crippen LogP contribution in [0.15, 0.2) is 33.4 Å². The van der Waals surface area contributed by atoms with Crippen LogP contribution in [-0.4, -0.2) is 13.2 Å². The fourth-order valence-electron chi connectivity index (χ4n) is 2.17. The summed E-state index contributed by atoms with van der Waals surface area (Å²) in [5, 5.41) is 4.10. The highest BCUT2D eigenvalue weighted by molar-refractivity contribution is 9.10. The molecule has 4 nitrogen and oxygen atoms in total. The normalized spacial score (nSPS) is 15.3. The summed E-state index contributed by atoms with van der Waals surface area (Å²) in [6.07, 6.45) is 0. The van der Waals surface area contributed by atoms with E-state index in [0.717, 1.165) is 27.1 Å². The van der Waals surface area contributed by atoms with Crippen molar-refractivity contribution in [1.82, 2.24) is 5.43 Å². The van der Waals surface area contributed by atoms with Gasteiger partial charge in [0.05, 0.1) is 6.04 Å². The molecule has 1 aromatic heterocycles. The molecule has 100 valence electrons. The number of para-hydroxylation sites is 1. The standard InChI is InChI=1S/C13H13BrN2O2S/c14-10-7-19-6-9(10)12(16-15)8-2-1-3-11-13(8)18-5-4-17-11/h1-3,6-7,12,16H,4-5,15H2. The molecule has 1 unspecified atom stereocenters. The van der Waals surface area contributed by atoms with Crippen molar-refractivity contribution < 1.29 is 9.47 Å². The summed E-state index contributed by atoms with van der Waals surface area (Å²) in [6.45, 7) is 1.14. The Morgan fingerprint density at radius 3 is 2.79 bits per heavy atom. The second kappa shape index (κ2) is 5.50. The number of rotatable bonds is 3. The maximum atomic E-state index is 5.74. The number of halogens is 1. The lowest BCUT2D eigenvalue weighted by atomic mass is 10.0. The first-order valence-corrected chi connectivity index (χ1v) is 7.61. The Hall–Kier alpha value is -1.08. The SMILES string of the molecule is NNC(c1cscc1Br)c1cccc2c1OCCO2. The summed E-state index contributed by atoms with van der Waals surface area (Å²) in [5.41, 5.74) is 4.93. The lowest BCUT2D eigenvalue weighted by molar-refractivity contribution is 0.169. The number of benzene rings is 1. The highest BCUT2D eigenvalue weighted by atomic mass is 79.9. The van der Waals surface area contributed by atoms with E-state index < -0.39 is 0 Å². The second-order valence-electron chi connectivity index (χ2n) is 4.15. The van der Waals surface area contributed by atoms with Crippen molar-refractivity contribution in [2.75, 3.05) is 13.2 Å². The third-order valence-corrected chi connectivity index (χ3v) is 4.78. The van der Waals surface area contributed by atoms with Gasteiger partial charge in [-0.3, -0.25) is 5.84 Å². The molecule has 1 aliphatic heterocycles. The van der Waals surface area contributed by atoms with Gasteiger partial charge in [0.25, 0.3) is 0 Å². The molecule has 3 rings (SSSR count). The van der Waals surface area contributed by atoms with Crippen molar-refractivity contribution in [2.45, 2.75) is 6.04 Å². The minimum atomic E-state index is -0.128. The topological polar surface area (TPSA) is 56.5 Å². The maximum absolute atomic E-state index is 5.74. The smallest absolute Gasteiger partial charge is 0.166 e. The molecule has 0 saturated heterocycles. The molecule has 1 aromatic carbocycles. The number of hydrogen-bond donors (Lipinski definition) is 2. The fraction of sp³-hybridized carbons (Fsp3) is 0.231. The molecule has 0 radical (unpaired) electrons. The van der Waals surface area contributed by atoms with E-state index in [1.54, 1.807) is 11.3 Å². The van der Waals surface area contributed by atoms with E-state index in [-0.39, 0.29) is 6.04 Å². The van der Waals surface area contributed by atoms with Crippen molar-refractivity contribution in [1.29, 1.82) is 0 Å². The molecule has 19 heavy (non-hydrogen) atoms. The predicted molar refractivity (Wildman–Crippen MR) is 78.6 cm³/mol. The van der Waals surface area contributed by atoms with Gasteiger partial charge in [0.2, 0.25) is 0 Å². The van der Waals surface area contributed by atoms with Crippen molar-refractivity contribution in [3.8, 4) is 11.5 Å². The van der Waals surface area contributed by atoms with E-state index in [1.165, 1.54) is 0 Å². The molecular formula is C13H13BrN2O2S. The Labute approximate surface area is 123 Å². The number of nitrogens with two attached hydrogens (primary N) is 1. The Morgan fingerprint density at radius 2 is 2.05 bits per heavy atom. The summed E-state index contributed by atoms with van der Waals surface area (Å²) in [6, 6.07) is 5.74. The van der Waals surface area contributed by atoms with Crippen LogP contribution in [0.3, 0.4) is 0 Å². The number of fused-ring (bicyclic) bond motifs is 1. The number of hydrazine groups is 1. The van der Waals surface area contributed by atoms with Crippen LogP contribution in [0.2, 0.25) is 0 Å². The van der Waals surface area contributed by atoms with Gasteiger partial charge in [-0.05, 0) is 32.9 Å². The third-order valence-electron chi connectivity index (χ3n) is 3.03. The predicted octanol–water partition coefficient (Wildman–Crippen LogP) is 2.83. The van der Waals surface area contributed by atoms with Gasteiger partial charge in [-0.1, -0.05) is 12.1 Å². The van der Waals surface area contributed by atoms with Crippen LogP contribution in [0.5, 0.6) is 11.5 Å². The van der Waals surface area contributed by atoms with Gasteiger partial charge < -0.3 is 9.47 Å². The van der Waals surface area contributed by atoms with E-state index >= 15 is 0 Å². The molecule has 3 N–H and O–H groups in total. The highest BCUT2D eigenvalue weighted by Gasteiger charge is 2.24. The van der Waals surface area contributed by atoms with Crippen molar-refractivity contribution in [3.05, 3.63) is 44.6 Å². The molecule has 0 bridgehead atoms. The van der Waals surface area contributed by atoms with Crippen molar-refractivity contribution in [2.24, 2.45) is 5.84 Å². The summed E-state index contributed by atoms with van der Waals surface area (Å²) in [7, 11) is 0. The van der Waals surface area contributed by atoms with E-state index in [1.807, 2.05) is 23.6 Å². The van der Waals surface area contributed by atoms with E-state index in [4.69, 9.17) is 15.3 Å². The third kappa shape index (κ3) is 2.36. The molecular weight excluding hydrogens is 328 g/mol. The zero-order chi connectivity index (χ0) is 13.2. The average Bonchev–Trinajstić information content (AvgIpc) is 2.86. The van der Waals surface area contributed by atoms with E-state index in [0.29, 0.717) is 13.2 Å². The fourth-order valence-corrected chi connectivity index (χ4v) is 3.72. The minimum Gasteiger partial charge on any atom is -0.486 e. The van der Waals surface area contributed by atoms with Gasteiger partial charge >= 0.3 is 0 Å². The van der Waals surface area contributed by atoms with Crippen LogP contribution in [0.4, 0.5) is 0 Å². The first-order valence-electron chi connectivity index (χ1n) is 5.87. The Bertz CT molecular complexity index is 588. The van der Waals surface area contributed by atoms with Crippen molar-refractivity contribution in [3.63, 3.8) is 0 Å². The number of thiophene rings is 1. The monoisotopic (exact) mass is 340 g/mol. The second-order valence-corrected chi connectivity index (χ2v) is 5.74. The van der Waals surface area contributed by atoms with Gasteiger partial charge in [-0.2, -0.15) is 11.3 Å². The first kappa shape index (κ1) is 12.9. The molecule has 1 atom stereocenters. The van der Waals surface area contributed by atoms with Crippen LogP contribution in [-0.2, 0) is 0 Å². The van der Waals surface area contributed by atoms with Crippen LogP contribution in [0.1, 0.15) is 17.2 Å². The van der Waals surface area contributed by atoms with Crippen molar-refractivity contribution >= 4 is 27.3 Å². The quantitative estimate of drug-likeness (QED) is 0.666. The van der Waals surface area contributed by atoms with Gasteiger partial charge in [0, 0.05) is 15.4 Å². The molecule has 2 aromatic rings. The summed E-state index contributed by atoms with van der Waals surface area (Å²) in [4.78, 5) is 0. The Kier molecular flexibility index (Phi) is 3.74. The average molecular weight is 341 g/mol. The maximum Gasteiger partial charge on any atom is 0.166 e. The van der Waals surface area contributed by atoms with Gasteiger partial charge in [0.1, 0.15) is 13.2 Å². The number of hydrogen-bond acceptors (Lipinski definition) is 5. The molecule has 0 amide bonds. The zero-order valence-electron chi connectivity index (χ0n) is 10.1. The Morgan fingerprint density at radius 1 is 1.21 bits per heavy atom. The Balaban J connectivity index is 2.07. The first-order chi connectivity index (χ1) is 9.31. The van der Waals surface area contributed by atoms with E-state index in [2.05, 4.69) is 26.7 Å². The van der Waals surface area contributed by atoms with E-state index in [9.17, 15) is 0 Å². The van der Waals surface area contributed by atoms with Gasteiger partial charge in [-0.25, -0.2) is 5.43 Å². The number of ether oxygens (including phenoxy) is 2. The molecule has 0 saturated carbocycles. The summed E-state index contributed by atoms with van der Waals surface area (Å²) < 4.78 is 12.4. The number of nitrogens with one attached hydrogen (secondary N) is 1. The van der Waals surface area contributed by atoms with Gasteiger partial charge in [-0.15, -0.1) is 0 Å². The lowest BCUT2D eigenvalue weighted by Crippen LogP contribution is -2.30. The zero-order valence-corrected chi connectivity index (χ0v) is 12.5. The molecule has 0 aliphatic carbocycles.